The van der Waals surface area contributed by atoms with Crippen molar-refractivity contribution in [2.24, 2.45) is 7.05 Å². The lowest BCUT2D eigenvalue weighted by molar-refractivity contribution is 0.762. The minimum Gasteiger partial charge on any atom is -0.370 e. The number of nitrogens with one attached hydrogen (secondary N) is 2. The van der Waals surface area contributed by atoms with Gasteiger partial charge < -0.3 is 5.32 Å². The summed E-state index contributed by atoms with van der Waals surface area (Å²) in [6.45, 7) is 6.98. The quantitative estimate of drug-likeness (QED) is 0.790. The molecule has 0 aliphatic carbocycles. The minimum atomic E-state index is -0.232. The van der Waals surface area contributed by atoms with Crippen LogP contribution in [0.5, 0.6) is 0 Å². The molecule has 0 aromatic carbocycles. The van der Waals surface area contributed by atoms with Gasteiger partial charge in [-0.1, -0.05) is 13.8 Å². The van der Waals surface area contributed by atoms with Crippen LogP contribution in [0, 0.1) is 6.92 Å². The van der Waals surface area contributed by atoms with Crippen LogP contribution >= 0.6 is 11.8 Å². The van der Waals surface area contributed by atoms with Crippen LogP contribution in [0.1, 0.15) is 31.7 Å². The monoisotopic (exact) mass is 308 g/mol. The van der Waals surface area contributed by atoms with Crippen molar-refractivity contribution in [1.82, 2.24) is 24.7 Å². The van der Waals surface area contributed by atoms with Crippen LogP contribution in [0.4, 0.5) is 5.82 Å². The first-order valence-electron chi connectivity index (χ1n) is 6.97. The minimum absolute atomic E-state index is 0.232. The highest BCUT2D eigenvalue weighted by molar-refractivity contribution is 7.99. The summed E-state index contributed by atoms with van der Waals surface area (Å²) >= 11 is 1.37. The molecule has 0 atom stereocenters. The topological polar surface area (TPSA) is 88.5 Å². The summed E-state index contributed by atoms with van der Waals surface area (Å²) in [6, 6.07) is 0. The number of rotatable bonds is 6. The SMILES string of the molecule is CCCNc1nc(CC)nc(Sc2n[nH]c(=O)n2C)c1C. The second-order valence-electron chi connectivity index (χ2n) is 4.67. The third-order valence-electron chi connectivity index (χ3n) is 3.03. The standard InChI is InChI=1S/C13H20N6OS/c1-5-7-14-10-8(3)11(16-9(6-2)15-10)21-13-18-17-12(20)19(13)4/h5-7H2,1-4H3,(H,17,20)(H,14,15,16). The molecule has 0 fully saturated rings. The molecule has 2 rings (SSSR count). The highest BCUT2D eigenvalue weighted by atomic mass is 32.2. The molecular weight excluding hydrogens is 288 g/mol. The fourth-order valence-corrected chi connectivity index (χ4v) is 2.61. The lowest BCUT2D eigenvalue weighted by atomic mass is 10.3. The van der Waals surface area contributed by atoms with E-state index in [1.807, 2.05) is 13.8 Å². The maximum absolute atomic E-state index is 11.4. The molecule has 0 bridgehead atoms. The van der Waals surface area contributed by atoms with E-state index in [1.165, 1.54) is 16.3 Å². The van der Waals surface area contributed by atoms with Gasteiger partial charge in [0.05, 0.1) is 0 Å². The predicted octanol–water partition coefficient (Wildman–Crippen LogP) is 1.74. The number of hydrogen-bond acceptors (Lipinski definition) is 6. The maximum Gasteiger partial charge on any atom is 0.343 e. The van der Waals surface area contributed by atoms with Crippen molar-refractivity contribution in [3.8, 4) is 0 Å². The van der Waals surface area contributed by atoms with Crippen molar-refractivity contribution in [1.29, 1.82) is 0 Å². The van der Waals surface area contributed by atoms with Crippen LogP contribution in [0.25, 0.3) is 0 Å². The molecule has 0 amide bonds. The summed E-state index contributed by atoms with van der Waals surface area (Å²) in [5.41, 5.74) is 0.741. The number of H-pyrrole nitrogens is 1. The molecule has 7 nitrogen and oxygen atoms in total. The van der Waals surface area contributed by atoms with Crippen LogP contribution in [0.15, 0.2) is 15.0 Å². The predicted molar refractivity (Wildman–Crippen MR) is 82.9 cm³/mol. The van der Waals surface area contributed by atoms with Crippen LogP contribution in [0.2, 0.25) is 0 Å². The van der Waals surface area contributed by atoms with Crippen molar-refractivity contribution in [2.45, 2.75) is 43.8 Å². The first-order valence-corrected chi connectivity index (χ1v) is 7.79. The number of aromatic amines is 1. The lowest BCUT2D eigenvalue weighted by Crippen LogP contribution is -2.13. The Balaban J connectivity index is 2.37. The van der Waals surface area contributed by atoms with Gasteiger partial charge in [-0.3, -0.25) is 4.57 Å². The molecule has 0 aliphatic rings. The molecule has 2 heterocycles. The second kappa shape index (κ2) is 6.75. The van der Waals surface area contributed by atoms with Crippen molar-refractivity contribution >= 4 is 17.6 Å². The molecule has 0 unspecified atom stereocenters. The molecule has 0 radical (unpaired) electrons. The first-order chi connectivity index (χ1) is 10.1. The molecule has 114 valence electrons. The molecule has 0 saturated carbocycles. The molecule has 21 heavy (non-hydrogen) atoms. The van der Waals surface area contributed by atoms with Crippen LogP contribution in [-0.4, -0.2) is 31.3 Å². The summed E-state index contributed by atoms with van der Waals surface area (Å²) < 4.78 is 1.47. The summed E-state index contributed by atoms with van der Waals surface area (Å²) in [4.78, 5) is 20.5. The zero-order valence-corrected chi connectivity index (χ0v) is 13.5. The van der Waals surface area contributed by atoms with Gasteiger partial charge in [-0.05, 0) is 25.1 Å². The number of aromatic nitrogens is 5. The van der Waals surface area contributed by atoms with Crippen LogP contribution in [0.3, 0.4) is 0 Å². The van der Waals surface area contributed by atoms with Crippen molar-refractivity contribution < 1.29 is 0 Å². The van der Waals surface area contributed by atoms with Gasteiger partial charge in [-0.15, -0.1) is 5.10 Å². The van der Waals surface area contributed by atoms with Crippen molar-refractivity contribution in [3.63, 3.8) is 0 Å². The largest absolute Gasteiger partial charge is 0.370 e. The van der Waals surface area contributed by atoms with Gasteiger partial charge >= 0.3 is 5.69 Å². The molecule has 0 aliphatic heterocycles. The van der Waals surface area contributed by atoms with E-state index in [-0.39, 0.29) is 5.69 Å². The molecule has 0 saturated heterocycles. The van der Waals surface area contributed by atoms with Crippen molar-refractivity contribution in [2.75, 3.05) is 11.9 Å². The molecule has 2 aromatic heterocycles. The Morgan fingerprint density at radius 3 is 2.67 bits per heavy atom. The Hall–Kier alpha value is -1.83. The number of nitrogens with zero attached hydrogens (tertiary/aromatic N) is 4. The van der Waals surface area contributed by atoms with E-state index in [0.29, 0.717) is 5.16 Å². The Bertz CT molecular complexity index is 678. The highest BCUT2D eigenvalue weighted by Crippen LogP contribution is 2.29. The average Bonchev–Trinajstić information content (AvgIpc) is 2.80. The molecular formula is C13H20N6OS. The smallest absolute Gasteiger partial charge is 0.343 e. The first kappa shape index (κ1) is 15.6. The van der Waals surface area contributed by atoms with Gasteiger partial charge in [0.25, 0.3) is 0 Å². The van der Waals surface area contributed by atoms with E-state index in [9.17, 15) is 4.79 Å². The summed E-state index contributed by atoms with van der Waals surface area (Å²) in [7, 11) is 1.68. The van der Waals surface area contributed by atoms with Gasteiger partial charge in [-0.25, -0.2) is 19.9 Å². The maximum atomic E-state index is 11.4. The Morgan fingerprint density at radius 2 is 2.10 bits per heavy atom. The van der Waals surface area contributed by atoms with Gasteiger partial charge in [0.1, 0.15) is 16.7 Å². The summed E-state index contributed by atoms with van der Waals surface area (Å²) in [6.07, 6.45) is 1.79. The number of hydrogen-bond donors (Lipinski definition) is 2. The van der Waals surface area contributed by atoms with E-state index in [2.05, 4.69) is 32.4 Å². The highest BCUT2D eigenvalue weighted by Gasteiger charge is 2.14. The average molecular weight is 308 g/mol. The molecule has 2 aromatic rings. The molecule has 2 N–H and O–H groups in total. The van der Waals surface area contributed by atoms with Gasteiger partial charge in [0.15, 0.2) is 5.16 Å². The van der Waals surface area contributed by atoms with Crippen LogP contribution in [-0.2, 0) is 13.5 Å². The number of anilines is 1. The van der Waals surface area contributed by atoms with E-state index in [4.69, 9.17) is 0 Å². The fourth-order valence-electron chi connectivity index (χ4n) is 1.72. The van der Waals surface area contributed by atoms with Gasteiger partial charge in [0.2, 0.25) is 0 Å². The lowest BCUT2D eigenvalue weighted by Gasteiger charge is -2.12. The Kier molecular flexibility index (Phi) is 5.00. The van der Waals surface area contributed by atoms with Crippen LogP contribution < -0.4 is 11.0 Å². The van der Waals surface area contributed by atoms with E-state index in [0.717, 1.165) is 41.6 Å². The molecule has 0 spiro atoms. The van der Waals surface area contributed by atoms with E-state index >= 15 is 0 Å². The second-order valence-corrected chi connectivity index (χ2v) is 5.63. The van der Waals surface area contributed by atoms with Gasteiger partial charge in [-0.2, -0.15) is 0 Å². The van der Waals surface area contributed by atoms with Gasteiger partial charge in [0, 0.05) is 25.6 Å². The Labute approximate surface area is 127 Å². The normalized spacial score (nSPS) is 10.9. The summed E-state index contributed by atoms with van der Waals surface area (Å²) in [5.74, 6) is 1.63. The van der Waals surface area contributed by atoms with E-state index in [1.54, 1.807) is 7.05 Å². The molecule has 8 heteroatoms. The van der Waals surface area contributed by atoms with Crippen molar-refractivity contribution in [3.05, 3.63) is 21.9 Å². The zero-order valence-electron chi connectivity index (χ0n) is 12.7. The third kappa shape index (κ3) is 3.44. The number of aryl methyl sites for hydroxylation is 1. The van der Waals surface area contributed by atoms with E-state index < -0.39 is 0 Å². The zero-order chi connectivity index (χ0) is 15.4. The Morgan fingerprint density at radius 1 is 1.33 bits per heavy atom. The fraction of sp³-hybridized carbons (Fsp3) is 0.538. The summed E-state index contributed by atoms with van der Waals surface area (Å²) in [5, 5.41) is 11.2. The third-order valence-corrected chi connectivity index (χ3v) is 4.17.